The Morgan fingerprint density at radius 1 is 1.17 bits per heavy atom. The third-order valence-corrected chi connectivity index (χ3v) is 4.77. The first kappa shape index (κ1) is 13.3. The van der Waals surface area contributed by atoms with E-state index in [-0.39, 0.29) is 0 Å². The molecule has 0 aliphatic rings. The maximum Gasteiger partial charge on any atom is 0.439 e. The van der Waals surface area contributed by atoms with Crippen molar-refractivity contribution in [2.45, 2.75) is 20.8 Å². The first-order valence-corrected chi connectivity index (χ1v) is 7.58. The molecule has 18 heavy (non-hydrogen) atoms. The molecular formula is C13H18NO3P. The van der Waals surface area contributed by atoms with E-state index in [4.69, 9.17) is 9.05 Å². The van der Waals surface area contributed by atoms with Crippen molar-refractivity contribution in [3.05, 3.63) is 36.0 Å². The van der Waals surface area contributed by atoms with E-state index in [2.05, 4.69) is 0 Å². The fraction of sp³-hybridized carbons (Fsp3) is 0.385. The van der Waals surface area contributed by atoms with Crippen molar-refractivity contribution < 1.29 is 13.6 Å². The van der Waals surface area contributed by atoms with Crippen LogP contribution in [0.15, 0.2) is 30.5 Å². The smallest absolute Gasteiger partial charge is 0.292 e. The van der Waals surface area contributed by atoms with E-state index in [0.717, 1.165) is 16.5 Å². The summed E-state index contributed by atoms with van der Waals surface area (Å²) in [5, 5.41) is 1.07. The lowest BCUT2D eigenvalue weighted by molar-refractivity contribution is 0.213. The summed E-state index contributed by atoms with van der Waals surface area (Å²) in [6, 6.07) is 7.81. The summed E-state index contributed by atoms with van der Waals surface area (Å²) in [5.74, 6) is 0. The number of hydrogen-bond donors (Lipinski definition) is 0. The van der Waals surface area contributed by atoms with Crippen LogP contribution in [0.3, 0.4) is 0 Å². The van der Waals surface area contributed by atoms with E-state index in [1.54, 1.807) is 4.34 Å². The summed E-state index contributed by atoms with van der Waals surface area (Å²) < 4.78 is 25.1. The largest absolute Gasteiger partial charge is 0.439 e. The van der Waals surface area contributed by atoms with E-state index < -0.39 is 7.75 Å². The highest BCUT2D eigenvalue weighted by Crippen LogP contribution is 2.51. The van der Waals surface area contributed by atoms with Gasteiger partial charge in [0.05, 0.1) is 18.7 Å². The number of hydrogen-bond acceptors (Lipinski definition) is 3. The van der Waals surface area contributed by atoms with Crippen molar-refractivity contribution in [1.82, 2.24) is 4.34 Å². The molecule has 0 unspecified atom stereocenters. The summed E-state index contributed by atoms with van der Waals surface area (Å²) in [5.41, 5.74) is 1.94. The van der Waals surface area contributed by atoms with Gasteiger partial charge in [0.15, 0.2) is 0 Å². The van der Waals surface area contributed by atoms with Crippen LogP contribution >= 0.6 is 7.75 Å². The molecule has 1 aromatic carbocycles. The van der Waals surface area contributed by atoms with Gasteiger partial charge in [-0.05, 0) is 32.4 Å². The van der Waals surface area contributed by atoms with Gasteiger partial charge in [0, 0.05) is 11.6 Å². The molecule has 0 amide bonds. The molecule has 0 aliphatic heterocycles. The average molecular weight is 267 g/mol. The van der Waals surface area contributed by atoms with Crippen LogP contribution in [0.1, 0.15) is 19.4 Å². The van der Waals surface area contributed by atoms with Gasteiger partial charge in [0.25, 0.3) is 0 Å². The van der Waals surface area contributed by atoms with Crippen LogP contribution in [0.25, 0.3) is 10.9 Å². The zero-order chi connectivity index (χ0) is 13.2. The standard InChI is InChI=1S/C13H18NO3P/c1-4-16-18(15,17-5-2)14-10-11(3)12-8-6-7-9-13(12)14/h6-10H,4-5H2,1-3H3. The summed E-state index contributed by atoms with van der Waals surface area (Å²) >= 11 is 0. The van der Waals surface area contributed by atoms with E-state index >= 15 is 0 Å². The molecule has 4 nitrogen and oxygen atoms in total. The molecule has 0 bridgehead atoms. The summed E-state index contributed by atoms with van der Waals surface area (Å²) in [4.78, 5) is 0. The molecule has 0 spiro atoms. The topological polar surface area (TPSA) is 40.5 Å². The summed E-state index contributed by atoms with van der Waals surface area (Å²) in [7, 11) is -3.28. The molecule has 2 aromatic rings. The van der Waals surface area contributed by atoms with Crippen LogP contribution in [-0.2, 0) is 13.6 Å². The van der Waals surface area contributed by atoms with Gasteiger partial charge in [0.2, 0.25) is 0 Å². The zero-order valence-electron chi connectivity index (χ0n) is 10.9. The first-order valence-electron chi connectivity index (χ1n) is 6.09. The lowest BCUT2D eigenvalue weighted by Gasteiger charge is -2.18. The predicted octanol–water partition coefficient (Wildman–Crippen LogP) is 3.98. The van der Waals surface area contributed by atoms with Crippen molar-refractivity contribution in [2.75, 3.05) is 13.2 Å². The van der Waals surface area contributed by atoms with Crippen molar-refractivity contribution in [2.24, 2.45) is 0 Å². The molecule has 0 atom stereocenters. The molecule has 98 valence electrons. The van der Waals surface area contributed by atoms with Gasteiger partial charge in [0.1, 0.15) is 0 Å². The van der Waals surface area contributed by atoms with Crippen LogP contribution in [0.4, 0.5) is 0 Å². The predicted molar refractivity (Wildman–Crippen MR) is 72.9 cm³/mol. The average Bonchev–Trinajstić information content (AvgIpc) is 2.69. The van der Waals surface area contributed by atoms with Crippen molar-refractivity contribution in [3.8, 4) is 0 Å². The van der Waals surface area contributed by atoms with E-state index in [1.165, 1.54) is 0 Å². The first-order chi connectivity index (χ1) is 8.62. The van der Waals surface area contributed by atoms with E-state index in [0.29, 0.717) is 13.2 Å². The Kier molecular flexibility index (Phi) is 3.91. The monoisotopic (exact) mass is 267 g/mol. The molecule has 0 N–H and O–H groups in total. The maximum atomic E-state index is 12.8. The minimum absolute atomic E-state index is 0.350. The number of benzene rings is 1. The number of nitrogens with zero attached hydrogens (tertiary/aromatic N) is 1. The molecule has 1 aromatic heterocycles. The molecule has 1 heterocycles. The molecule has 0 saturated heterocycles. The maximum absolute atomic E-state index is 12.8. The summed E-state index contributed by atoms with van der Waals surface area (Å²) in [6.07, 6.45) is 1.83. The Hall–Kier alpha value is -1.09. The third-order valence-electron chi connectivity index (χ3n) is 2.74. The number of aryl methyl sites for hydroxylation is 1. The second-order valence-corrected chi connectivity index (χ2v) is 5.86. The number of para-hydroxylation sites is 1. The third kappa shape index (κ3) is 2.24. The Labute approximate surface area is 107 Å². The molecule has 5 heteroatoms. The minimum atomic E-state index is -3.28. The molecule has 0 fully saturated rings. The van der Waals surface area contributed by atoms with Crippen LogP contribution in [0.5, 0.6) is 0 Å². The van der Waals surface area contributed by atoms with Gasteiger partial charge in [-0.1, -0.05) is 18.2 Å². The Balaban J connectivity index is 2.61. The molecule has 0 aliphatic carbocycles. The van der Waals surface area contributed by atoms with Crippen LogP contribution in [-0.4, -0.2) is 17.6 Å². The molecule has 0 saturated carbocycles. The van der Waals surface area contributed by atoms with Gasteiger partial charge >= 0.3 is 7.75 Å². The van der Waals surface area contributed by atoms with E-state index in [1.807, 2.05) is 51.2 Å². The SMILES string of the molecule is CCOP(=O)(OCC)n1cc(C)c2ccccc21. The Morgan fingerprint density at radius 2 is 1.78 bits per heavy atom. The quantitative estimate of drug-likeness (QED) is 0.769. The minimum Gasteiger partial charge on any atom is -0.292 e. The van der Waals surface area contributed by atoms with Crippen molar-refractivity contribution in [1.29, 1.82) is 0 Å². The molecule has 0 radical (unpaired) electrons. The van der Waals surface area contributed by atoms with Gasteiger partial charge in [-0.3, -0.25) is 13.4 Å². The van der Waals surface area contributed by atoms with Crippen LogP contribution in [0.2, 0.25) is 0 Å². The van der Waals surface area contributed by atoms with E-state index in [9.17, 15) is 4.57 Å². The van der Waals surface area contributed by atoms with Gasteiger partial charge in [-0.25, -0.2) is 4.57 Å². The van der Waals surface area contributed by atoms with Crippen LogP contribution < -0.4 is 0 Å². The Morgan fingerprint density at radius 3 is 2.39 bits per heavy atom. The van der Waals surface area contributed by atoms with Gasteiger partial charge < -0.3 is 0 Å². The molecular weight excluding hydrogens is 249 g/mol. The van der Waals surface area contributed by atoms with Crippen LogP contribution in [0, 0.1) is 6.92 Å². The normalized spacial score (nSPS) is 12.2. The summed E-state index contributed by atoms with van der Waals surface area (Å²) in [6.45, 7) is 6.31. The van der Waals surface area contributed by atoms with Crippen molar-refractivity contribution >= 4 is 18.6 Å². The van der Waals surface area contributed by atoms with Gasteiger partial charge in [-0.15, -0.1) is 0 Å². The highest BCUT2D eigenvalue weighted by atomic mass is 31.2. The fourth-order valence-electron chi connectivity index (χ4n) is 2.02. The lowest BCUT2D eigenvalue weighted by atomic mass is 10.2. The fourth-order valence-corrected chi connectivity index (χ4v) is 3.75. The second kappa shape index (κ2) is 5.27. The Bertz CT molecular complexity index is 581. The molecule has 2 rings (SSSR count). The lowest BCUT2D eigenvalue weighted by Crippen LogP contribution is -2.03. The number of fused-ring (bicyclic) bond motifs is 1. The highest BCUT2D eigenvalue weighted by Gasteiger charge is 2.28. The highest BCUT2D eigenvalue weighted by molar-refractivity contribution is 7.52. The van der Waals surface area contributed by atoms with Gasteiger partial charge in [-0.2, -0.15) is 0 Å². The van der Waals surface area contributed by atoms with Crippen molar-refractivity contribution in [3.63, 3.8) is 0 Å². The number of aromatic nitrogens is 1. The number of rotatable bonds is 5. The zero-order valence-corrected chi connectivity index (χ0v) is 11.8. The second-order valence-electron chi connectivity index (χ2n) is 3.98.